The van der Waals surface area contributed by atoms with Crippen LogP contribution in [0.5, 0.6) is 0 Å². The maximum Gasteiger partial charge on any atom is 0.307 e. The lowest BCUT2D eigenvalue weighted by molar-refractivity contribution is -0.136. The van der Waals surface area contributed by atoms with Crippen LogP contribution in [0.3, 0.4) is 0 Å². The van der Waals surface area contributed by atoms with Crippen molar-refractivity contribution in [2.45, 2.75) is 40.0 Å². The summed E-state index contributed by atoms with van der Waals surface area (Å²) >= 11 is 0. The van der Waals surface area contributed by atoms with E-state index >= 15 is 0 Å². The fraction of sp³-hybridized carbons (Fsp3) is 0.583. The molecule has 1 atom stereocenters. The largest absolute Gasteiger partial charge is 0.481 e. The van der Waals surface area contributed by atoms with Crippen LogP contribution in [-0.4, -0.2) is 11.1 Å². The fourth-order valence-corrected chi connectivity index (χ4v) is 1.13. The molecule has 0 amide bonds. The summed E-state index contributed by atoms with van der Waals surface area (Å²) in [5.74, 6) is -0.303. The Morgan fingerprint density at radius 2 is 2.07 bits per heavy atom. The van der Waals surface area contributed by atoms with Gasteiger partial charge in [-0.3, -0.25) is 4.79 Å². The summed E-state index contributed by atoms with van der Waals surface area (Å²) in [5, 5.41) is 8.41. The molecule has 0 rings (SSSR count). The molecule has 2 heteroatoms. The van der Waals surface area contributed by atoms with Crippen molar-refractivity contribution in [3.63, 3.8) is 0 Å². The molecule has 0 spiro atoms. The number of carbonyl (C=O) groups is 1. The van der Waals surface area contributed by atoms with Crippen LogP contribution < -0.4 is 0 Å². The molecule has 80 valence electrons. The Balaban J connectivity index is 3.64. The number of hydrogen-bond donors (Lipinski definition) is 1. The Labute approximate surface area is 86.3 Å². The van der Waals surface area contributed by atoms with Gasteiger partial charge in [-0.1, -0.05) is 30.7 Å². The van der Waals surface area contributed by atoms with Gasteiger partial charge in [-0.15, -0.1) is 0 Å². The third-order valence-electron chi connectivity index (χ3n) is 1.93. The Morgan fingerprint density at radius 3 is 2.57 bits per heavy atom. The molecular formula is C12H20O2. The van der Waals surface area contributed by atoms with Crippen molar-refractivity contribution in [3.8, 4) is 0 Å². The SMILES string of the molecule is CC(C)=CCCC(C)C=CCC(=O)O. The first-order valence-electron chi connectivity index (χ1n) is 5.04. The van der Waals surface area contributed by atoms with Crippen molar-refractivity contribution >= 4 is 5.97 Å². The standard InChI is InChI=1S/C12H20O2/c1-10(2)6-4-7-11(3)8-5-9-12(13)14/h5-6,8,11H,4,7,9H2,1-3H3,(H,13,14). The van der Waals surface area contributed by atoms with E-state index in [-0.39, 0.29) is 6.42 Å². The minimum atomic E-state index is -0.766. The molecule has 0 saturated carbocycles. The van der Waals surface area contributed by atoms with E-state index in [0.717, 1.165) is 12.8 Å². The van der Waals surface area contributed by atoms with Crippen molar-refractivity contribution < 1.29 is 9.90 Å². The van der Waals surface area contributed by atoms with E-state index in [2.05, 4.69) is 26.8 Å². The van der Waals surface area contributed by atoms with Gasteiger partial charge in [0, 0.05) is 0 Å². The quantitative estimate of drug-likeness (QED) is 0.661. The van der Waals surface area contributed by atoms with Crippen LogP contribution in [0.15, 0.2) is 23.8 Å². The molecule has 2 nitrogen and oxygen atoms in total. The summed E-state index contributed by atoms with van der Waals surface area (Å²) in [7, 11) is 0. The number of carboxylic acid groups (broad SMARTS) is 1. The van der Waals surface area contributed by atoms with Crippen molar-refractivity contribution in [1.82, 2.24) is 0 Å². The van der Waals surface area contributed by atoms with Crippen LogP contribution in [0, 0.1) is 5.92 Å². The predicted molar refractivity (Wildman–Crippen MR) is 59.2 cm³/mol. The second-order valence-electron chi connectivity index (χ2n) is 3.86. The highest BCUT2D eigenvalue weighted by molar-refractivity contribution is 5.68. The van der Waals surface area contributed by atoms with Crippen LogP contribution in [0.1, 0.15) is 40.0 Å². The molecule has 0 saturated heterocycles. The van der Waals surface area contributed by atoms with Gasteiger partial charge in [0.25, 0.3) is 0 Å². The molecule has 14 heavy (non-hydrogen) atoms. The first-order valence-corrected chi connectivity index (χ1v) is 5.04. The molecule has 0 aromatic heterocycles. The lowest BCUT2D eigenvalue weighted by Gasteiger charge is -2.02. The van der Waals surface area contributed by atoms with E-state index in [1.54, 1.807) is 6.08 Å². The number of aliphatic carboxylic acids is 1. The molecule has 0 aliphatic carbocycles. The van der Waals surface area contributed by atoms with Gasteiger partial charge in [0.1, 0.15) is 0 Å². The number of hydrogen-bond acceptors (Lipinski definition) is 1. The topological polar surface area (TPSA) is 37.3 Å². The van der Waals surface area contributed by atoms with Crippen molar-refractivity contribution in [3.05, 3.63) is 23.8 Å². The smallest absolute Gasteiger partial charge is 0.307 e. The molecule has 0 fully saturated rings. The van der Waals surface area contributed by atoms with Gasteiger partial charge in [-0.2, -0.15) is 0 Å². The number of carboxylic acids is 1. The first kappa shape index (κ1) is 12.9. The summed E-state index contributed by atoms with van der Waals surface area (Å²) in [6, 6.07) is 0. The van der Waals surface area contributed by atoms with Crippen LogP contribution in [-0.2, 0) is 4.79 Å². The number of allylic oxidation sites excluding steroid dienone is 3. The molecule has 0 aliphatic rings. The zero-order valence-electron chi connectivity index (χ0n) is 9.29. The molecule has 0 radical (unpaired) electrons. The third kappa shape index (κ3) is 9.04. The monoisotopic (exact) mass is 196 g/mol. The highest BCUT2D eigenvalue weighted by atomic mass is 16.4. The lowest BCUT2D eigenvalue weighted by atomic mass is 10.0. The van der Waals surface area contributed by atoms with Gasteiger partial charge in [0.15, 0.2) is 0 Å². The van der Waals surface area contributed by atoms with Gasteiger partial charge in [-0.05, 0) is 32.6 Å². The average Bonchev–Trinajstić information content (AvgIpc) is 2.02. The van der Waals surface area contributed by atoms with E-state index in [9.17, 15) is 4.79 Å². The molecule has 1 unspecified atom stereocenters. The Kier molecular flexibility index (Phi) is 6.81. The molecule has 0 aromatic carbocycles. The Morgan fingerprint density at radius 1 is 1.43 bits per heavy atom. The summed E-state index contributed by atoms with van der Waals surface area (Å²) in [6.45, 7) is 6.28. The van der Waals surface area contributed by atoms with Gasteiger partial charge in [0.2, 0.25) is 0 Å². The zero-order valence-corrected chi connectivity index (χ0v) is 9.29. The van der Waals surface area contributed by atoms with Gasteiger partial charge < -0.3 is 5.11 Å². The van der Waals surface area contributed by atoms with Crippen LogP contribution in [0.25, 0.3) is 0 Å². The van der Waals surface area contributed by atoms with Crippen LogP contribution in [0.2, 0.25) is 0 Å². The summed E-state index contributed by atoms with van der Waals surface area (Å²) in [5.41, 5.74) is 1.34. The first-order chi connectivity index (χ1) is 6.52. The maximum atomic E-state index is 10.2. The average molecular weight is 196 g/mol. The third-order valence-corrected chi connectivity index (χ3v) is 1.93. The minimum Gasteiger partial charge on any atom is -0.481 e. The molecule has 1 N–H and O–H groups in total. The molecule has 0 bridgehead atoms. The van der Waals surface area contributed by atoms with Crippen LogP contribution >= 0.6 is 0 Å². The van der Waals surface area contributed by atoms with Crippen molar-refractivity contribution in [2.75, 3.05) is 0 Å². The maximum absolute atomic E-state index is 10.2. The Bertz CT molecular complexity index is 222. The molecular weight excluding hydrogens is 176 g/mol. The van der Waals surface area contributed by atoms with E-state index in [0.29, 0.717) is 5.92 Å². The second-order valence-corrected chi connectivity index (χ2v) is 3.86. The minimum absolute atomic E-state index is 0.132. The van der Waals surface area contributed by atoms with E-state index in [1.807, 2.05) is 6.08 Å². The molecule has 0 aliphatic heterocycles. The van der Waals surface area contributed by atoms with E-state index in [1.165, 1.54) is 5.57 Å². The lowest BCUT2D eigenvalue weighted by Crippen LogP contribution is -1.92. The predicted octanol–water partition coefficient (Wildman–Crippen LogP) is 3.40. The molecule has 0 heterocycles. The highest BCUT2D eigenvalue weighted by Gasteiger charge is 1.96. The van der Waals surface area contributed by atoms with Crippen LogP contribution in [0.4, 0.5) is 0 Å². The van der Waals surface area contributed by atoms with E-state index < -0.39 is 5.97 Å². The van der Waals surface area contributed by atoms with Gasteiger partial charge in [0.05, 0.1) is 6.42 Å². The number of rotatable bonds is 6. The van der Waals surface area contributed by atoms with Crippen molar-refractivity contribution in [1.29, 1.82) is 0 Å². The summed E-state index contributed by atoms with van der Waals surface area (Å²) in [6.07, 6.45) is 8.21. The second kappa shape index (κ2) is 7.36. The van der Waals surface area contributed by atoms with Crippen molar-refractivity contribution in [2.24, 2.45) is 5.92 Å². The van der Waals surface area contributed by atoms with Gasteiger partial charge in [-0.25, -0.2) is 0 Å². The fourth-order valence-electron chi connectivity index (χ4n) is 1.13. The summed E-state index contributed by atoms with van der Waals surface area (Å²) in [4.78, 5) is 10.2. The Hall–Kier alpha value is -1.05. The molecule has 0 aromatic rings. The van der Waals surface area contributed by atoms with E-state index in [4.69, 9.17) is 5.11 Å². The highest BCUT2D eigenvalue weighted by Crippen LogP contribution is 2.09. The van der Waals surface area contributed by atoms with Gasteiger partial charge >= 0.3 is 5.97 Å². The normalized spacial score (nSPS) is 12.8. The summed E-state index contributed by atoms with van der Waals surface area (Å²) < 4.78 is 0. The zero-order chi connectivity index (χ0) is 11.0.